The zero-order chi connectivity index (χ0) is 14.7. The number of para-hydroxylation sites is 1. The molecule has 0 spiro atoms. The number of rotatable bonds is 5. The van der Waals surface area contributed by atoms with Crippen LogP contribution >= 0.6 is 0 Å². The number of hydrogen-bond donors (Lipinski definition) is 1. The quantitative estimate of drug-likeness (QED) is 0.885. The molecule has 1 amide bonds. The van der Waals surface area contributed by atoms with E-state index in [1.54, 1.807) is 11.9 Å². The van der Waals surface area contributed by atoms with Crippen molar-refractivity contribution in [1.82, 2.24) is 4.90 Å². The molecule has 108 valence electrons. The Bertz CT molecular complexity index is 516. The van der Waals surface area contributed by atoms with E-state index in [-0.39, 0.29) is 18.4 Å². The first kappa shape index (κ1) is 14.4. The highest BCUT2D eigenvalue weighted by molar-refractivity contribution is 5.87. The van der Waals surface area contributed by atoms with Gasteiger partial charge in [0, 0.05) is 25.8 Å². The Balaban J connectivity index is 2.28. The van der Waals surface area contributed by atoms with Gasteiger partial charge in [-0.3, -0.25) is 9.59 Å². The van der Waals surface area contributed by atoms with E-state index < -0.39 is 5.97 Å². The number of aliphatic carboxylic acids is 1. The summed E-state index contributed by atoms with van der Waals surface area (Å²) in [6.45, 7) is 3.05. The molecule has 1 saturated heterocycles. The number of likely N-dealkylation sites (tertiary alicyclic amines) is 1. The van der Waals surface area contributed by atoms with Crippen LogP contribution in [0.1, 0.15) is 18.4 Å². The smallest absolute Gasteiger partial charge is 0.305 e. The third-order valence-electron chi connectivity index (χ3n) is 3.77. The summed E-state index contributed by atoms with van der Waals surface area (Å²) in [7, 11) is 1.79. The van der Waals surface area contributed by atoms with Gasteiger partial charge in [-0.2, -0.15) is 0 Å². The molecule has 1 aromatic rings. The summed E-state index contributed by atoms with van der Waals surface area (Å²) in [6.07, 6.45) is 0.769. The van der Waals surface area contributed by atoms with Crippen molar-refractivity contribution >= 4 is 17.6 Å². The molecule has 20 heavy (non-hydrogen) atoms. The molecular formula is C15H20N2O3. The Morgan fingerprint density at radius 2 is 2.15 bits per heavy atom. The van der Waals surface area contributed by atoms with Gasteiger partial charge in [0.15, 0.2) is 0 Å². The van der Waals surface area contributed by atoms with E-state index in [0.29, 0.717) is 6.54 Å². The minimum absolute atomic E-state index is 0.0296. The predicted octanol–water partition coefficient (Wildman–Crippen LogP) is 1.51. The lowest BCUT2D eigenvalue weighted by Gasteiger charge is -2.30. The number of likely N-dealkylation sites (N-methyl/N-ethyl adjacent to an activating group) is 1. The maximum atomic E-state index is 12.2. The molecule has 5 nitrogen and oxygen atoms in total. The maximum Gasteiger partial charge on any atom is 0.305 e. The molecule has 1 fully saturated rings. The highest BCUT2D eigenvalue weighted by Gasteiger charge is 2.34. The number of carbonyl (C=O) groups excluding carboxylic acids is 1. The van der Waals surface area contributed by atoms with Gasteiger partial charge in [0.2, 0.25) is 5.91 Å². The number of amides is 1. The number of carboxylic acids is 1. The predicted molar refractivity (Wildman–Crippen MR) is 76.8 cm³/mol. The van der Waals surface area contributed by atoms with E-state index in [1.807, 2.05) is 36.1 Å². The van der Waals surface area contributed by atoms with Crippen LogP contribution in [0.15, 0.2) is 24.3 Å². The van der Waals surface area contributed by atoms with Gasteiger partial charge < -0.3 is 14.9 Å². The van der Waals surface area contributed by atoms with Crippen LogP contribution < -0.4 is 4.90 Å². The summed E-state index contributed by atoms with van der Waals surface area (Å²) in [5, 5.41) is 8.92. The van der Waals surface area contributed by atoms with Crippen LogP contribution in [-0.2, 0) is 9.59 Å². The van der Waals surface area contributed by atoms with Crippen LogP contribution in [0.4, 0.5) is 5.69 Å². The van der Waals surface area contributed by atoms with Gasteiger partial charge in [-0.15, -0.1) is 0 Å². The maximum absolute atomic E-state index is 12.2. The largest absolute Gasteiger partial charge is 0.481 e. The van der Waals surface area contributed by atoms with Crippen molar-refractivity contribution < 1.29 is 14.7 Å². The highest BCUT2D eigenvalue weighted by atomic mass is 16.4. The van der Waals surface area contributed by atoms with E-state index in [9.17, 15) is 9.59 Å². The van der Waals surface area contributed by atoms with Gasteiger partial charge in [-0.05, 0) is 25.0 Å². The second-order valence-electron chi connectivity index (χ2n) is 5.19. The van der Waals surface area contributed by atoms with Gasteiger partial charge in [0.05, 0.1) is 6.42 Å². The second-order valence-corrected chi connectivity index (χ2v) is 5.19. The monoisotopic (exact) mass is 276 g/mol. The van der Waals surface area contributed by atoms with Crippen molar-refractivity contribution in [3.8, 4) is 0 Å². The molecule has 1 atom stereocenters. The molecule has 0 saturated carbocycles. The Labute approximate surface area is 118 Å². The zero-order valence-corrected chi connectivity index (χ0v) is 11.9. The molecule has 1 heterocycles. The lowest BCUT2D eigenvalue weighted by atomic mass is 10.1. The molecule has 0 aromatic heterocycles. The van der Waals surface area contributed by atoms with Crippen molar-refractivity contribution in [2.24, 2.45) is 0 Å². The van der Waals surface area contributed by atoms with Crippen LogP contribution in [-0.4, -0.2) is 48.1 Å². The number of hydrogen-bond acceptors (Lipinski definition) is 3. The van der Waals surface area contributed by atoms with Gasteiger partial charge >= 0.3 is 5.97 Å². The van der Waals surface area contributed by atoms with Crippen LogP contribution in [0.5, 0.6) is 0 Å². The Morgan fingerprint density at radius 1 is 1.45 bits per heavy atom. The molecule has 1 unspecified atom stereocenters. The lowest BCUT2D eigenvalue weighted by molar-refractivity contribution is -0.137. The first-order valence-electron chi connectivity index (χ1n) is 6.79. The topological polar surface area (TPSA) is 60.9 Å². The summed E-state index contributed by atoms with van der Waals surface area (Å²) in [5.41, 5.74) is 2.00. The standard InChI is InChI=1S/C15H20N2O3/c1-11-5-3-4-6-12(11)17(10-8-14(18)19)13-7-9-16(2)15(13)20/h3-6,13H,7-10H2,1-2H3,(H,18,19). The normalized spacial score (nSPS) is 18.4. The lowest BCUT2D eigenvalue weighted by Crippen LogP contribution is -2.42. The Hall–Kier alpha value is -2.04. The molecule has 1 N–H and O–H groups in total. The molecule has 1 aliphatic heterocycles. The fourth-order valence-corrected chi connectivity index (χ4v) is 2.64. The molecule has 2 rings (SSSR count). The Kier molecular flexibility index (Phi) is 4.27. The first-order chi connectivity index (χ1) is 9.50. The average Bonchev–Trinajstić information content (AvgIpc) is 2.73. The van der Waals surface area contributed by atoms with Crippen molar-refractivity contribution in [2.75, 3.05) is 25.0 Å². The number of aryl methyl sites for hydroxylation is 1. The number of carbonyl (C=O) groups is 2. The molecule has 1 aromatic carbocycles. The molecule has 0 bridgehead atoms. The number of carboxylic acid groups (broad SMARTS) is 1. The van der Waals surface area contributed by atoms with Gasteiger partial charge in [0.1, 0.15) is 6.04 Å². The number of nitrogens with zero attached hydrogens (tertiary/aromatic N) is 2. The van der Waals surface area contributed by atoms with Crippen molar-refractivity contribution in [1.29, 1.82) is 0 Å². The van der Waals surface area contributed by atoms with E-state index in [4.69, 9.17) is 5.11 Å². The summed E-state index contributed by atoms with van der Waals surface area (Å²) in [5.74, 6) is -0.777. The first-order valence-corrected chi connectivity index (χ1v) is 6.79. The van der Waals surface area contributed by atoms with Crippen LogP contribution in [0.3, 0.4) is 0 Å². The van der Waals surface area contributed by atoms with Gasteiger partial charge in [-0.1, -0.05) is 18.2 Å². The Morgan fingerprint density at radius 3 is 2.70 bits per heavy atom. The van der Waals surface area contributed by atoms with Crippen LogP contribution in [0, 0.1) is 6.92 Å². The average molecular weight is 276 g/mol. The summed E-state index contributed by atoms with van der Waals surface area (Å²) < 4.78 is 0. The third kappa shape index (κ3) is 2.92. The van der Waals surface area contributed by atoms with Gasteiger partial charge in [-0.25, -0.2) is 0 Å². The third-order valence-corrected chi connectivity index (χ3v) is 3.77. The van der Waals surface area contributed by atoms with E-state index in [0.717, 1.165) is 24.2 Å². The highest BCUT2D eigenvalue weighted by Crippen LogP contribution is 2.26. The minimum atomic E-state index is -0.845. The number of benzene rings is 1. The van der Waals surface area contributed by atoms with Crippen molar-refractivity contribution in [3.63, 3.8) is 0 Å². The van der Waals surface area contributed by atoms with E-state index in [1.165, 1.54) is 0 Å². The molecule has 0 aliphatic carbocycles. The SMILES string of the molecule is Cc1ccccc1N(CCC(=O)O)C1CCN(C)C1=O. The summed E-state index contributed by atoms with van der Waals surface area (Å²) in [4.78, 5) is 26.7. The second kappa shape index (κ2) is 5.94. The molecule has 0 radical (unpaired) electrons. The minimum Gasteiger partial charge on any atom is -0.481 e. The van der Waals surface area contributed by atoms with Crippen molar-refractivity contribution in [3.05, 3.63) is 29.8 Å². The fourth-order valence-electron chi connectivity index (χ4n) is 2.64. The number of anilines is 1. The summed E-state index contributed by atoms with van der Waals surface area (Å²) >= 11 is 0. The molecule has 1 aliphatic rings. The summed E-state index contributed by atoms with van der Waals surface area (Å²) in [6, 6.07) is 7.53. The molecule has 5 heteroatoms. The fraction of sp³-hybridized carbons (Fsp3) is 0.467. The van der Waals surface area contributed by atoms with E-state index >= 15 is 0 Å². The van der Waals surface area contributed by atoms with Crippen LogP contribution in [0.2, 0.25) is 0 Å². The van der Waals surface area contributed by atoms with E-state index in [2.05, 4.69) is 0 Å². The molecular weight excluding hydrogens is 256 g/mol. The van der Waals surface area contributed by atoms with Gasteiger partial charge in [0.25, 0.3) is 0 Å². The van der Waals surface area contributed by atoms with Crippen LogP contribution in [0.25, 0.3) is 0 Å². The zero-order valence-electron chi connectivity index (χ0n) is 11.9. The van der Waals surface area contributed by atoms with Crippen molar-refractivity contribution in [2.45, 2.75) is 25.8 Å².